The van der Waals surface area contributed by atoms with Gasteiger partial charge in [-0.05, 0) is 13.8 Å². The maximum atomic E-state index is 2.25. The van der Waals surface area contributed by atoms with Crippen molar-refractivity contribution >= 4 is 0 Å². The van der Waals surface area contributed by atoms with E-state index in [4.69, 9.17) is 0 Å². The van der Waals surface area contributed by atoms with Crippen LogP contribution < -0.4 is 30.1 Å². The van der Waals surface area contributed by atoms with E-state index in [2.05, 4.69) is 19.2 Å². The van der Waals surface area contributed by atoms with Crippen LogP contribution in [0.25, 0.3) is 0 Å². The number of halogens is 2. The Balaban J connectivity index is -0.0000000267. The summed E-state index contributed by atoms with van der Waals surface area (Å²) in [5, 5.41) is 2.25. The molecule has 8 heavy (non-hydrogen) atoms. The average molecular weight is 324 g/mol. The van der Waals surface area contributed by atoms with Gasteiger partial charge in [-0.15, -0.1) is 0 Å². The fourth-order valence-corrected chi connectivity index (χ4v) is 0.289. The van der Waals surface area contributed by atoms with E-state index in [0.717, 1.165) is 0 Å². The number of rotatable bonds is 2. The molecule has 0 aliphatic rings. The molecule has 0 aliphatic heterocycles. The normalized spacial score (nSPS) is 5.25. The van der Waals surface area contributed by atoms with Crippen molar-refractivity contribution in [3.05, 3.63) is 0 Å². The summed E-state index contributed by atoms with van der Waals surface area (Å²) in [6, 6.07) is 0. The Morgan fingerprint density at radius 1 is 1.00 bits per heavy atom. The van der Waals surface area contributed by atoms with Crippen LogP contribution in [0.4, 0.5) is 0 Å². The first-order valence-electron chi connectivity index (χ1n) is 2.23. The first-order chi connectivity index (χ1) is 2.41. The summed E-state index contributed by atoms with van der Waals surface area (Å²) in [5.41, 5.74) is 0. The molecule has 0 aromatic carbocycles. The molecule has 0 aromatic rings. The maximum absolute atomic E-state index is 2.25. The van der Waals surface area contributed by atoms with Crippen molar-refractivity contribution < 1.29 is 56.0 Å². The van der Waals surface area contributed by atoms with E-state index in [9.17, 15) is 0 Å². The van der Waals surface area contributed by atoms with Gasteiger partial charge in [0.2, 0.25) is 0 Å². The van der Waals surface area contributed by atoms with Crippen LogP contribution in [0.2, 0.25) is 0 Å². The molecule has 0 aliphatic carbocycles. The fraction of sp³-hybridized carbons (Fsp3) is 1.00. The van der Waals surface area contributed by atoms with E-state index in [1.807, 2.05) is 0 Å². The summed E-state index contributed by atoms with van der Waals surface area (Å²) in [6.07, 6.45) is 0. The van der Waals surface area contributed by atoms with Crippen LogP contribution in [0.1, 0.15) is 13.8 Å². The Morgan fingerprint density at radius 2 is 1.25 bits per heavy atom. The topological polar surface area (TPSA) is 16.6 Å². The Kier molecular flexibility index (Phi) is 67.5. The van der Waals surface area contributed by atoms with Gasteiger partial charge in [-0.25, -0.2) is 0 Å². The van der Waals surface area contributed by atoms with Gasteiger partial charge in [-0.1, -0.05) is 0 Å². The summed E-state index contributed by atoms with van der Waals surface area (Å²) in [4.78, 5) is 0. The van der Waals surface area contributed by atoms with Gasteiger partial charge in [0.1, 0.15) is 0 Å². The van der Waals surface area contributed by atoms with Crippen molar-refractivity contribution in [2.24, 2.45) is 0 Å². The molecular weight excluding hydrogens is 311 g/mol. The molecule has 0 bridgehead atoms. The second-order valence-corrected chi connectivity index (χ2v) is 1.11. The van der Waals surface area contributed by atoms with Gasteiger partial charge in [0.25, 0.3) is 0 Å². The van der Waals surface area contributed by atoms with Crippen LogP contribution >= 0.6 is 0 Å². The quantitative estimate of drug-likeness (QED) is 0.487. The Labute approximate surface area is 82.6 Å². The van der Waals surface area contributed by atoms with Gasteiger partial charge in [0.05, 0.1) is 13.1 Å². The Bertz CT molecular complexity index is 21.5. The van der Waals surface area contributed by atoms with Crippen molar-refractivity contribution in [1.82, 2.24) is 0 Å². The molecule has 1 nitrogen and oxygen atoms in total. The molecule has 0 spiro atoms. The molecule has 0 fully saturated rings. The molecule has 0 aromatic heterocycles. The summed E-state index contributed by atoms with van der Waals surface area (Å²) in [7, 11) is 0. The molecule has 0 atom stereocenters. The first kappa shape index (κ1) is 22.7. The summed E-state index contributed by atoms with van der Waals surface area (Å²) in [6.45, 7) is 6.75. The third-order valence-corrected chi connectivity index (χ3v) is 0.577. The van der Waals surface area contributed by atoms with Crippen LogP contribution in [-0.4, -0.2) is 13.1 Å². The van der Waals surface area contributed by atoms with E-state index >= 15 is 0 Å². The molecule has 0 saturated heterocycles. The van der Waals surface area contributed by atoms with Crippen LogP contribution in [0, 0.1) is 0 Å². The van der Waals surface area contributed by atoms with Crippen molar-refractivity contribution in [2.45, 2.75) is 13.8 Å². The van der Waals surface area contributed by atoms with Gasteiger partial charge < -0.3 is 30.1 Å². The molecule has 0 saturated carbocycles. The summed E-state index contributed by atoms with van der Waals surface area (Å²) < 4.78 is 0. The standard InChI is InChI=1S/C4H11N.2ClH.Hf/c1-3-5-4-2;;;/h5H,3-4H2,1-2H3;2*1H;/q;;;+1/p-1. The largest absolute Gasteiger partial charge is 1.00 e. The Hall–Kier alpha value is 1.41. The minimum Gasteiger partial charge on any atom is -1.00 e. The smallest absolute Gasteiger partial charge is 1.00 e. The van der Waals surface area contributed by atoms with Gasteiger partial charge in [0.15, 0.2) is 0 Å². The zero-order valence-electron chi connectivity index (χ0n) is 5.25. The SMILES string of the molecule is CC[NH2+]CC.[Cl-].[Cl-].[Hf+]. The molecule has 0 amide bonds. The van der Waals surface area contributed by atoms with Crippen molar-refractivity contribution in [1.29, 1.82) is 0 Å². The zero-order chi connectivity index (χ0) is 4.12. The number of quaternary nitrogens is 1. The first-order valence-corrected chi connectivity index (χ1v) is 2.23. The monoisotopic (exact) mass is 324 g/mol. The molecule has 2 N–H and O–H groups in total. The third-order valence-electron chi connectivity index (χ3n) is 0.577. The minimum atomic E-state index is 0. The zero-order valence-corrected chi connectivity index (χ0v) is 10.4. The van der Waals surface area contributed by atoms with Gasteiger partial charge in [-0.3, -0.25) is 0 Å². The predicted molar refractivity (Wildman–Crippen MR) is 23.0 cm³/mol. The summed E-state index contributed by atoms with van der Waals surface area (Å²) in [5.74, 6) is 0. The second-order valence-electron chi connectivity index (χ2n) is 1.11. The minimum absolute atomic E-state index is 0. The van der Waals surface area contributed by atoms with E-state index in [0.29, 0.717) is 0 Å². The molecule has 1 radical (unpaired) electrons. The van der Waals surface area contributed by atoms with E-state index in [1.165, 1.54) is 13.1 Å². The van der Waals surface area contributed by atoms with Crippen LogP contribution in [0.15, 0.2) is 0 Å². The fourth-order valence-electron chi connectivity index (χ4n) is 0.289. The number of hydrogen-bond acceptors (Lipinski definition) is 0. The molecular formula is C4H12Cl2HfN. The van der Waals surface area contributed by atoms with Crippen LogP contribution in [-0.2, 0) is 25.8 Å². The van der Waals surface area contributed by atoms with Crippen molar-refractivity contribution in [3.8, 4) is 0 Å². The molecule has 0 heterocycles. The molecule has 51 valence electrons. The average Bonchev–Trinajstić information content (AvgIpc) is 1.41. The second kappa shape index (κ2) is 23.7. The van der Waals surface area contributed by atoms with Gasteiger partial charge in [0, 0.05) is 0 Å². The number of hydrogen-bond donors (Lipinski definition) is 1. The molecule has 0 unspecified atom stereocenters. The maximum Gasteiger partial charge on any atom is 1.00 e. The van der Waals surface area contributed by atoms with Gasteiger partial charge in [-0.2, -0.15) is 0 Å². The predicted octanol–water partition coefficient (Wildman–Crippen LogP) is -6.40. The van der Waals surface area contributed by atoms with E-state index in [1.54, 1.807) is 0 Å². The third kappa shape index (κ3) is 26.2. The van der Waals surface area contributed by atoms with Crippen LogP contribution in [0.5, 0.6) is 0 Å². The Morgan fingerprint density at radius 3 is 1.25 bits per heavy atom. The molecule has 0 rings (SSSR count). The van der Waals surface area contributed by atoms with Crippen LogP contribution in [0.3, 0.4) is 0 Å². The molecule has 4 heteroatoms. The van der Waals surface area contributed by atoms with E-state index < -0.39 is 0 Å². The summed E-state index contributed by atoms with van der Waals surface area (Å²) >= 11 is 0. The van der Waals surface area contributed by atoms with Gasteiger partial charge >= 0.3 is 25.8 Å². The van der Waals surface area contributed by atoms with E-state index in [-0.39, 0.29) is 50.7 Å². The number of nitrogens with two attached hydrogens (primary N) is 1. The van der Waals surface area contributed by atoms with Crippen molar-refractivity contribution in [2.75, 3.05) is 13.1 Å². The van der Waals surface area contributed by atoms with Crippen molar-refractivity contribution in [3.63, 3.8) is 0 Å².